The van der Waals surface area contributed by atoms with Crippen molar-refractivity contribution >= 4 is 0 Å². The molecule has 2 heterocycles. The molecule has 8 heteroatoms. The summed E-state index contributed by atoms with van der Waals surface area (Å²) in [7, 11) is 0. The van der Waals surface area contributed by atoms with Crippen LogP contribution >= 0.6 is 0 Å². The highest BCUT2D eigenvalue weighted by Crippen LogP contribution is 2.27. The van der Waals surface area contributed by atoms with Crippen LogP contribution in [0.15, 0.2) is 36.5 Å². The van der Waals surface area contributed by atoms with E-state index in [1.54, 1.807) is 31.3 Å². The minimum absolute atomic E-state index is 0.0579. The third-order valence-corrected chi connectivity index (χ3v) is 4.16. The van der Waals surface area contributed by atoms with Gasteiger partial charge in [0.2, 0.25) is 0 Å². The highest BCUT2D eigenvalue weighted by molar-refractivity contribution is 5.64. The minimum Gasteiger partial charge on any atom is -0.465 e. The molecule has 3 aromatic rings. The number of aromatic nitrogens is 3. The van der Waals surface area contributed by atoms with Gasteiger partial charge in [-0.1, -0.05) is 6.07 Å². The number of hydrogen-bond donors (Lipinski definition) is 1. The van der Waals surface area contributed by atoms with Gasteiger partial charge in [-0.25, -0.2) is 13.5 Å². The van der Waals surface area contributed by atoms with Gasteiger partial charge in [0.1, 0.15) is 17.3 Å². The van der Waals surface area contributed by atoms with Crippen LogP contribution in [0.1, 0.15) is 23.2 Å². The summed E-state index contributed by atoms with van der Waals surface area (Å²) < 4.78 is 35.3. The molecule has 1 N–H and O–H groups in total. The fraction of sp³-hybridized carbons (Fsp3) is 0.250. The van der Waals surface area contributed by atoms with Crippen molar-refractivity contribution in [1.82, 2.24) is 14.8 Å². The highest BCUT2D eigenvalue weighted by atomic mass is 19.1. The molecule has 3 rings (SSSR count). The lowest BCUT2D eigenvalue weighted by Gasteiger charge is -2.12. The highest BCUT2D eigenvalue weighted by Gasteiger charge is 2.19. The molecule has 0 aliphatic carbocycles. The lowest BCUT2D eigenvalue weighted by atomic mass is 10.1. The van der Waals surface area contributed by atoms with Gasteiger partial charge >= 0.3 is 0 Å². The number of hydrogen-bond acceptors (Lipinski definition) is 5. The number of aryl methyl sites for hydroxylation is 2. The molecule has 0 radical (unpaired) electrons. The maximum absolute atomic E-state index is 14.3. The van der Waals surface area contributed by atoms with Crippen LogP contribution in [0.5, 0.6) is 5.75 Å². The lowest BCUT2D eigenvalue weighted by Crippen LogP contribution is -2.11. The Bertz CT molecular complexity index is 990. The Morgan fingerprint density at radius 1 is 1.25 bits per heavy atom. The van der Waals surface area contributed by atoms with E-state index < -0.39 is 17.4 Å². The second kappa shape index (κ2) is 8.59. The summed E-state index contributed by atoms with van der Waals surface area (Å²) in [5.74, 6) is -2.19. The topological polar surface area (TPSA) is 84.0 Å². The van der Waals surface area contributed by atoms with Gasteiger partial charge in [-0.3, -0.25) is 4.98 Å². The molecular weight excluding hydrogens is 366 g/mol. The van der Waals surface area contributed by atoms with Crippen LogP contribution in [-0.2, 0) is 13.2 Å². The van der Waals surface area contributed by atoms with Crippen LogP contribution in [-0.4, -0.2) is 26.5 Å². The Kier molecular flexibility index (Phi) is 5.96. The molecule has 0 unspecified atom stereocenters. The predicted octanol–water partition coefficient (Wildman–Crippen LogP) is 3.36. The van der Waals surface area contributed by atoms with E-state index in [4.69, 9.17) is 9.84 Å². The third kappa shape index (κ3) is 4.00. The molecule has 0 saturated carbocycles. The molecule has 0 aliphatic heterocycles. The van der Waals surface area contributed by atoms with E-state index >= 15 is 0 Å². The monoisotopic (exact) mass is 384 g/mol. The fourth-order valence-electron chi connectivity index (χ4n) is 2.88. The summed E-state index contributed by atoms with van der Waals surface area (Å²) in [5.41, 5.74) is 2.14. The van der Waals surface area contributed by atoms with E-state index in [2.05, 4.69) is 16.2 Å². The lowest BCUT2D eigenvalue weighted by molar-refractivity contribution is 0.202. The zero-order chi connectivity index (χ0) is 20.1. The van der Waals surface area contributed by atoms with E-state index in [0.29, 0.717) is 41.1 Å². The van der Waals surface area contributed by atoms with Gasteiger partial charge in [-0.15, -0.1) is 0 Å². The van der Waals surface area contributed by atoms with Crippen LogP contribution in [0, 0.1) is 29.9 Å². The number of halogens is 2. The first-order valence-corrected chi connectivity index (χ1v) is 8.65. The van der Waals surface area contributed by atoms with Crippen LogP contribution < -0.4 is 4.74 Å². The maximum Gasteiger partial charge on any atom is 0.193 e. The van der Waals surface area contributed by atoms with Gasteiger partial charge in [0.25, 0.3) is 0 Å². The summed E-state index contributed by atoms with van der Waals surface area (Å²) in [6, 6.07) is 9.67. The van der Waals surface area contributed by atoms with Crippen molar-refractivity contribution in [3.05, 3.63) is 65.0 Å². The zero-order valence-electron chi connectivity index (χ0n) is 15.2. The van der Waals surface area contributed by atoms with E-state index in [0.717, 1.165) is 0 Å². The summed E-state index contributed by atoms with van der Waals surface area (Å²) in [5, 5.41) is 22.5. The fourth-order valence-corrected chi connectivity index (χ4v) is 2.88. The number of nitrogens with zero attached hydrogens (tertiary/aromatic N) is 4. The third-order valence-electron chi connectivity index (χ3n) is 4.16. The van der Waals surface area contributed by atoms with Crippen LogP contribution in [0.4, 0.5) is 8.78 Å². The van der Waals surface area contributed by atoms with Crippen molar-refractivity contribution in [2.45, 2.75) is 26.5 Å². The molecule has 144 valence electrons. The van der Waals surface area contributed by atoms with Crippen molar-refractivity contribution in [3.8, 4) is 23.2 Å². The van der Waals surface area contributed by atoms with Gasteiger partial charge in [-0.05, 0) is 49.6 Å². The standard InChI is InChI=1S/C20H18F2N4O2/c1-13-15(11-23)19(18-6-2-3-7-24-18)26(25-13)12-28-20-16(21)9-14(5-4-8-27)10-17(20)22/h2-3,6-7,9-10,27H,4-5,8,12H2,1H3. The molecule has 0 spiro atoms. The zero-order valence-corrected chi connectivity index (χ0v) is 15.2. The molecule has 1 aromatic carbocycles. The number of aliphatic hydroxyl groups is 1. The van der Waals surface area contributed by atoms with E-state index in [-0.39, 0.29) is 13.3 Å². The molecule has 0 bridgehead atoms. The number of nitriles is 1. The average Bonchev–Trinajstić information content (AvgIpc) is 3.01. The van der Waals surface area contributed by atoms with Gasteiger partial charge in [0.05, 0.1) is 11.4 Å². The second-order valence-electron chi connectivity index (χ2n) is 6.12. The minimum atomic E-state index is -0.836. The van der Waals surface area contributed by atoms with Crippen molar-refractivity contribution in [2.75, 3.05) is 6.61 Å². The Balaban J connectivity index is 1.89. The second-order valence-corrected chi connectivity index (χ2v) is 6.12. The Morgan fingerprint density at radius 3 is 2.61 bits per heavy atom. The van der Waals surface area contributed by atoms with E-state index in [9.17, 15) is 14.0 Å². The maximum atomic E-state index is 14.3. The Morgan fingerprint density at radius 2 is 2.00 bits per heavy atom. The number of pyridine rings is 1. The largest absolute Gasteiger partial charge is 0.465 e. The molecule has 0 aliphatic rings. The molecule has 28 heavy (non-hydrogen) atoms. The van der Waals surface area contributed by atoms with Crippen molar-refractivity contribution in [2.24, 2.45) is 0 Å². The first kappa shape index (κ1) is 19.5. The number of aliphatic hydroxyl groups excluding tert-OH is 1. The van der Waals surface area contributed by atoms with Gasteiger partial charge < -0.3 is 9.84 Å². The van der Waals surface area contributed by atoms with Gasteiger partial charge in [0.15, 0.2) is 24.1 Å². The molecular formula is C20H18F2N4O2. The number of rotatable bonds is 7. The first-order valence-electron chi connectivity index (χ1n) is 8.65. The average molecular weight is 384 g/mol. The van der Waals surface area contributed by atoms with Gasteiger partial charge in [-0.2, -0.15) is 10.4 Å². The summed E-state index contributed by atoms with van der Waals surface area (Å²) in [6.07, 6.45) is 2.35. The molecule has 0 amide bonds. The summed E-state index contributed by atoms with van der Waals surface area (Å²) in [6.45, 7) is 1.31. The molecule has 0 saturated heterocycles. The summed E-state index contributed by atoms with van der Waals surface area (Å²) in [4.78, 5) is 4.23. The Hall–Kier alpha value is -3.31. The van der Waals surface area contributed by atoms with Crippen LogP contribution in [0.2, 0.25) is 0 Å². The number of ether oxygens (including phenoxy) is 1. The van der Waals surface area contributed by atoms with Crippen molar-refractivity contribution in [1.29, 1.82) is 5.26 Å². The van der Waals surface area contributed by atoms with Crippen LogP contribution in [0.25, 0.3) is 11.4 Å². The Labute approximate surface area is 160 Å². The van der Waals surface area contributed by atoms with Crippen molar-refractivity contribution < 1.29 is 18.6 Å². The molecule has 6 nitrogen and oxygen atoms in total. The molecule has 0 fully saturated rings. The van der Waals surface area contributed by atoms with Crippen LogP contribution in [0.3, 0.4) is 0 Å². The molecule has 0 atom stereocenters. The first-order chi connectivity index (χ1) is 13.5. The summed E-state index contributed by atoms with van der Waals surface area (Å²) >= 11 is 0. The van der Waals surface area contributed by atoms with Crippen molar-refractivity contribution in [3.63, 3.8) is 0 Å². The smallest absolute Gasteiger partial charge is 0.193 e. The van der Waals surface area contributed by atoms with E-state index in [1.807, 2.05) is 0 Å². The van der Waals surface area contributed by atoms with Gasteiger partial charge in [0, 0.05) is 12.8 Å². The predicted molar refractivity (Wildman–Crippen MR) is 97.3 cm³/mol. The SMILES string of the molecule is Cc1nn(COc2c(F)cc(CCCO)cc2F)c(-c2ccccn2)c1C#N. The molecule has 2 aromatic heterocycles. The number of benzene rings is 1. The normalized spacial score (nSPS) is 10.7. The van der Waals surface area contributed by atoms with E-state index in [1.165, 1.54) is 16.8 Å². The quantitative estimate of drug-likeness (QED) is 0.675.